The van der Waals surface area contributed by atoms with Gasteiger partial charge in [0.25, 0.3) is 0 Å². The fraction of sp³-hybridized carbons (Fsp3) is 0.333. The lowest BCUT2D eigenvalue weighted by atomic mass is 9.81. The van der Waals surface area contributed by atoms with Gasteiger partial charge in [0.05, 0.1) is 5.94 Å². The number of hydrogen-bond acceptors (Lipinski definition) is 3. The van der Waals surface area contributed by atoms with Gasteiger partial charge in [-0.2, -0.15) is 0 Å². The van der Waals surface area contributed by atoms with E-state index in [0.717, 1.165) is 0 Å². The van der Waals surface area contributed by atoms with E-state index in [1.165, 1.54) is 6.08 Å². The van der Waals surface area contributed by atoms with Crippen LogP contribution in [-0.2, 0) is 0 Å². The Balaban J connectivity index is 3.33. The lowest BCUT2D eigenvalue weighted by molar-refractivity contribution is 0.397. The maximum atomic E-state index is 8.18. The van der Waals surface area contributed by atoms with Crippen molar-refractivity contribution >= 4 is 7.12 Å². The molecule has 0 aromatic heterocycles. The normalized spacial score (nSPS) is 13.0. The fourth-order valence-electron chi connectivity index (χ4n) is 0.122. The van der Waals surface area contributed by atoms with Gasteiger partial charge in [0.1, 0.15) is 0 Å². The molecule has 40 valence electrons. The van der Waals surface area contributed by atoms with Crippen molar-refractivity contribution in [1.82, 2.24) is 0 Å². The largest absolute Gasteiger partial charge is 0.473 e. The van der Waals surface area contributed by atoms with E-state index >= 15 is 0 Å². The Hall–Kier alpha value is -0.315. The Morgan fingerprint density at radius 3 is 2.14 bits per heavy atom. The summed E-state index contributed by atoms with van der Waals surface area (Å²) in [6.07, 6.45) is 1.27. The zero-order valence-electron chi connectivity index (χ0n) is 3.91. The standard InChI is InChI=1S/C3H8BNO2/c1-2-3(5)4(6)7/h2-3,6-7H,1,5H2. The topological polar surface area (TPSA) is 66.5 Å². The van der Waals surface area contributed by atoms with Crippen molar-refractivity contribution in [2.45, 2.75) is 5.94 Å². The third-order valence-electron chi connectivity index (χ3n) is 0.616. The van der Waals surface area contributed by atoms with Gasteiger partial charge >= 0.3 is 7.12 Å². The van der Waals surface area contributed by atoms with Crippen LogP contribution in [0.15, 0.2) is 12.7 Å². The molecule has 0 aromatic rings. The maximum absolute atomic E-state index is 8.18. The van der Waals surface area contributed by atoms with Gasteiger partial charge in [-0.3, -0.25) is 0 Å². The minimum atomic E-state index is -1.47. The van der Waals surface area contributed by atoms with Crippen molar-refractivity contribution in [2.75, 3.05) is 0 Å². The van der Waals surface area contributed by atoms with Crippen molar-refractivity contribution in [3.63, 3.8) is 0 Å². The molecular formula is C3H8BNO2. The molecule has 0 heterocycles. The zero-order chi connectivity index (χ0) is 5.86. The molecule has 0 radical (unpaired) electrons. The highest BCUT2D eigenvalue weighted by molar-refractivity contribution is 6.43. The van der Waals surface area contributed by atoms with E-state index in [1.54, 1.807) is 0 Å². The Kier molecular flexibility index (Phi) is 2.67. The lowest BCUT2D eigenvalue weighted by Crippen LogP contribution is -2.36. The molecule has 7 heavy (non-hydrogen) atoms. The molecular weight excluding hydrogens is 92.8 g/mol. The Morgan fingerprint density at radius 2 is 2.14 bits per heavy atom. The molecule has 0 rings (SSSR count). The SMILES string of the molecule is C=CC(N)B(O)O. The first-order valence-corrected chi connectivity index (χ1v) is 1.92. The van der Waals surface area contributed by atoms with Gasteiger partial charge in [-0.05, 0) is 0 Å². The minimum Gasteiger partial charge on any atom is -0.426 e. The number of nitrogens with two attached hydrogens (primary N) is 1. The molecule has 0 saturated carbocycles. The van der Waals surface area contributed by atoms with Gasteiger partial charge in [-0.1, -0.05) is 6.08 Å². The van der Waals surface area contributed by atoms with Gasteiger partial charge < -0.3 is 15.8 Å². The molecule has 4 N–H and O–H groups in total. The van der Waals surface area contributed by atoms with E-state index in [-0.39, 0.29) is 0 Å². The first-order chi connectivity index (χ1) is 3.18. The van der Waals surface area contributed by atoms with Crippen LogP contribution in [0.25, 0.3) is 0 Å². The molecule has 3 nitrogen and oxygen atoms in total. The molecule has 0 aliphatic rings. The first-order valence-electron chi connectivity index (χ1n) is 1.92. The first kappa shape index (κ1) is 6.68. The van der Waals surface area contributed by atoms with Crippen molar-refractivity contribution in [1.29, 1.82) is 0 Å². The lowest BCUT2D eigenvalue weighted by Gasteiger charge is -1.99. The summed E-state index contributed by atoms with van der Waals surface area (Å²) in [5.74, 6) is -0.722. The summed E-state index contributed by atoms with van der Waals surface area (Å²) in [6, 6.07) is 0. The highest BCUT2D eigenvalue weighted by Gasteiger charge is 2.13. The molecule has 4 heteroatoms. The molecule has 0 fully saturated rings. The monoisotopic (exact) mass is 101 g/mol. The van der Waals surface area contributed by atoms with E-state index in [4.69, 9.17) is 15.8 Å². The molecule has 0 aliphatic carbocycles. The molecule has 0 aromatic carbocycles. The smallest absolute Gasteiger partial charge is 0.426 e. The summed E-state index contributed by atoms with van der Waals surface area (Å²) < 4.78 is 0. The molecule has 1 unspecified atom stereocenters. The van der Waals surface area contributed by atoms with Crippen LogP contribution in [0.1, 0.15) is 0 Å². The van der Waals surface area contributed by atoms with E-state index < -0.39 is 13.1 Å². The number of hydrogen-bond donors (Lipinski definition) is 3. The quantitative estimate of drug-likeness (QED) is 0.293. The van der Waals surface area contributed by atoms with E-state index in [0.29, 0.717) is 0 Å². The van der Waals surface area contributed by atoms with Crippen LogP contribution < -0.4 is 5.73 Å². The van der Waals surface area contributed by atoms with Crippen molar-refractivity contribution in [3.05, 3.63) is 12.7 Å². The summed E-state index contributed by atoms with van der Waals surface area (Å²) >= 11 is 0. The summed E-state index contributed by atoms with van der Waals surface area (Å²) in [5.41, 5.74) is 5.00. The molecule has 0 spiro atoms. The summed E-state index contributed by atoms with van der Waals surface area (Å²) in [7, 11) is -1.47. The van der Waals surface area contributed by atoms with E-state index in [9.17, 15) is 0 Å². The van der Waals surface area contributed by atoms with Gasteiger partial charge in [-0.15, -0.1) is 6.58 Å². The molecule has 0 amide bonds. The van der Waals surface area contributed by atoms with Crippen LogP contribution in [0, 0.1) is 0 Å². The second-order valence-corrected chi connectivity index (χ2v) is 1.23. The Bertz CT molecular complexity index is 66.0. The van der Waals surface area contributed by atoms with Crippen LogP contribution in [0.5, 0.6) is 0 Å². The minimum absolute atomic E-state index is 0.722. The highest BCUT2D eigenvalue weighted by Crippen LogP contribution is 1.77. The maximum Gasteiger partial charge on any atom is 0.473 e. The zero-order valence-corrected chi connectivity index (χ0v) is 3.91. The van der Waals surface area contributed by atoms with Crippen LogP contribution in [-0.4, -0.2) is 23.1 Å². The second kappa shape index (κ2) is 2.79. The third-order valence-corrected chi connectivity index (χ3v) is 0.616. The summed E-state index contributed by atoms with van der Waals surface area (Å²) in [4.78, 5) is 0. The van der Waals surface area contributed by atoms with Crippen LogP contribution >= 0.6 is 0 Å². The van der Waals surface area contributed by atoms with Gasteiger partial charge in [0, 0.05) is 0 Å². The molecule has 1 atom stereocenters. The highest BCUT2D eigenvalue weighted by atomic mass is 16.4. The summed E-state index contributed by atoms with van der Waals surface area (Å²) in [5, 5.41) is 16.4. The predicted molar refractivity (Wildman–Crippen MR) is 28.4 cm³/mol. The Labute approximate surface area is 42.6 Å². The van der Waals surface area contributed by atoms with Crippen LogP contribution in [0.3, 0.4) is 0 Å². The molecule has 0 saturated heterocycles. The average Bonchev–Trinajstić information content (AvgIpc) is 1.65. The van der Waals surface area contributed by atoms with Crippen molar-refractivity contribution in [3.8, 4) is 0 Å². The third kappa shape index (κ3) is 2.39. The number of rotatable bonds is 2. The van der Waals surface area contributed by atoms with Crippen molar-refractivity contribution in [2.24, 2.45) is 5.73 Å². The van der Waals surface area contributed by atoms with E-state index in [1.807, 2.05) is 0 Å². The van der Waals surface area contributed by atoms with Gasteiger partial charge in [0.2, 0.25) is 0 Å². The van der Waals surface area contributed by atoms with Crippen molar-refractivity contribution < 1.29 is 10.0 Å². The molecule has 0 bridgehead atoms. The van der Waals surface area contributed by atoms with Crippen LogP contribution in [0.4, 0.5) is 0 Å². The van der Waals surface area contributed by atoms with Gasteiger partial charge in [-0.25, -0.2) is 0 Å². The van der Waals surface area contributed by atoms with Gasteiger partial charge in [0.15, 0.2) is 0 Å². The van der Waals surface area contributed by atoms with Crippen LogP contribution in [0.2, 0.25) is 0 Å². The second-order valence-electron chi connectivity index (χ2n) is 1.23. The summed E-state index contributed by atoms with van der Waals surface area (Å²) in [6.45, 7) is 3.24. The predicted octanol–water partition coefficient (Wildman–Crippen LogP) is -1.49. The van der Waals surface area contributed by atoms with E-state index in [2.05, 4.69) is 6.58 Å². The molecule has 0 aliphatic heterocycles. The Morgan fingerprint density at radius 1 is 1.71 bits per heavy atom. The fourth-order valence-corrected chi connectivity index (χ4v) is 0.122. The average molecular weight is 101 g/mol.